The van der Waals surface area contributed by atoms with Gasteiger partial charge in [-0.1, -0.05) is 71.9 Å². The van der Waals surface area contributed by atoms with Crippen LogP contribution in [0.5, 0.6) is 0 Å². The number of thiazole rings is 1. The van der Waals surface area contributed by atoms with E-state index in [0.29, 0.717) is 32.0 Å². The fourth-order valence-corrected chi connectivity index (χ4v) is 5.46. The van der Waals surface area contributed by atoms with Crippen LogP contribution < -0.4 is 10.9 Å². The number of amides is 1. The van der Waals surface area contributed by atoms with Gasteiger partial charge in [-0.05, 0) is 30.3 Å². The molecule has 0 fully saturated rings. The first-order valence-corrected chi connectivity index (χ1v) is 13.0. The van der Waals surface area contributed by atoms with E-state index in [2.05, 4.69) is 10.3 Å². The molecule has 6 nitrogen and oxygen atoms in total. The molecule has 0 atom stereocenters. The topological polar surface area (TPSA) is 76.9 Å². The summed E-state index contributed by atoms with van der Waals surface area (Å²) >= 11 is 8.97. The van der Waals surface area contributed by atoms with Gasteiger partial charge in [0.25, 0.3) is 5.56 Å². The van der Waals surface area contributed by atoms with E-state index in [1.807, 2.05) is 78.2 Å². The third-order valence-electron chi connectivity index (χ3n) is 5.22. The first-order valence-electron chi connectivity index (χ1n) is 10.8. The monoisotopic (exact) mass is 518 g/mol. The summed E-state index contributed by atoms with van der Waals surface area (Å²) in [6.45, 7) is 0. The minimum absolute atomic E-state index is 0.136. The lowest BCUT2D eigenvalue weighted by Crippen LogP contribution is -2.22. The number of hydrogen-bond donors (Lipinski definition) is 1. The van der Waals surface area contributed by atoms with Gasteiger partial charge >= 0.3 is 0 Å². The molecule has 0 radical (unpaired) electrons. The van der Waals surface area contributed by atoms with Crippen LogP contribution in [-0.4, -0.2) is 26.2 Å². The standard InChI is InChI=1S/C26H19ClN4O2S2/c27-20-12-6-4-10-18(20)22-16-35-25(28-22)30-23(32)14-15-34-26-29-21-13-7-5-11-19(21)24(33)31(26)17-8-2-1-3-9-17/h1-13,16H,14-15H2,(H,28,30,32). The number of fused-ring (bicyclic) bond motifs is 1. The lowest BCUT2D eigenvalue weighted by atomic mass is 10.2. The van der Waals surface area contributed by atoms with Gasteiger partial charge in [0.05, 0.1) is 22.3 Å². The van der Waals surface area contributed by atoms with Crippen molar-refractivity contribution in [3.05, 3.63) is 99.6 Å². The Labute approximate surface area is 214 Å². The molecule has 174 valence electrons. The van der Waals surface area contributed by atoms with Crippen LogP contribution in [-0.2, 0) is 4.79 Å². The van der Waals surface area contributed by atoms with Crippen LogP contribution in [0.1, 0.15) is 6.42 Å². The van der Waals surface area contributed by atoms with Gasteiger partial charge in [0, 0.05) is 28.1 Å². The molecule has 0 saturated heterocycles. The van der Waals surface area contributed by atoms with Crippen molar-refractivity contribution in [3.63, 3.8) is 0 Å². The van der Waals surface area contributed by atoms with Gasteiger partial charge in [-0.2, -0.15) is 0 Å². The van der Waals surface area contributed by atoms with Crippen LogP contribution in [0, 0.1) is 0 Å². The molecule has 2 aromatic heterocycles. The van der Waals surface area contributed by atoms with Crippen molar-refractivity contribution < 1.29 is 4.79 Å². The number of aromatic nitrogens is 3. The quantitative estimate of drug-likeness (QED) is 0.202. The second-order valence-corrected chi connectivity index (χ2v) is 9.88. The Bertz CT molecular complexity index is 1570. The van der Waals surface area contributed by atoms with Crippen molar-refractivity contribution >= 4 is 56.6 Å². The number of anilines is 1. The molecule has 0 aliphatic heterocycles. The van der Waals surface area contributed by atoms with Crippen molar-refractivity contribution in [2.75, 3.05) is 11.1 Å². The number of hydrogen-bond acceptors (Lipinski definition) is 6. The van der Waals surface area contributed by atoms with Gasteiger partial charge in [-0.25, -0.2) is 9.97 Å². The Morgan fingerprint density at radius 1 is 0.971 bits per heavy atom. The molecule has 0 aliphatic carbocycles. The predicted octanol–water partition coefficient (Wildman–Crippen LogP) is 6.28. The summed E-state index contributed by atoms with van der Waals surface area (Å²) < 4.78 is 1.60. The third-order valence-corrected chi connectivity index (χ3v) is 7.25. The summed E-state index contributed by atoms with van der Waals surface area (Å²) in [7, 11) is 0. The lowest BCUT2D eigenvalue weighted by molar-refractivity contribution is -0.115. The molecule has 5 rings (SSSR count). The number of para-hydroxylation sites is 2. The molecular formula is C26H19ClN4O2S2. The van der Waals surface area contributed by atoms with Gasteiger partial charge in [-0.15, -0.1) is 11.3 Å². The first-order chi connectivity index (χ1) is 17.1. The molecule has 1 amide bonds. The van der Waals surface area contributed by atoms with Crippen LogP contribution in [0.4, 0.5) is 5.13 Å². The van der Waals surface area contributed by atoms with Crippen molar-refractivity contribution in [3.8, 4) is 16.9 Å². The maximum absolute atomic E-state index is 13.2. The Hall–Kier alpha value is -3.46. The molecule has 0 bridgehead atoms. The Balaban J connectivity index is 1.30. The summed E-state index contributed by atoms with van der Waals surface area (Å²) in [5, 5.41) is 6.93. The molecule has 5 aromatic rings. The van der Waals surface area contributed by atoms with Crippen LogP contribution >= 0.6 is 34.7 Å². The first kappa shape index (κ1) is 23.3. The highest BCUT2D eigenvalue weighted by Crippen LogP contribution is 2.30. The predicted molar refractivity (Wildman–Crippen MR) is 144 cm³/mol. The third kappa shape index (κ3) is 5.14. The van der Waals surface area contributed by atoms with Crippen molar-refractivity contribution in [1.29, 1.82) is 0 Å². The number of benzene rings is 3. The molecule has 0 unspecified atom stereocenters. The average molecular weight is 519 g/mol. The smallest absolute Gasteiger partial charge is 0.266 e. The van der Waals surface area contributed by atoms with Gasteiger partial charge in [0.15, 0.2) is 10.3 Å². The minimum Gasteiger partial charge on any atom is -0.302 e. The zero-order chi connectivity index (χ0) is 24.2. The number of carbonyl (C=O) groups excluding carboxylic acids is 1. The summed E-state index contributed by atoms with van der Waals surface area (Å²) in [6, 6.07) is 24.1. The lowest BCUT2D eigenvalue weighted by Gasteiger charge is -2.13. The molecule has 3 aromatic carbocycles. The van der Waals surface area contributed by atoms with Gasteiger partial charge < -0.3 is 5.32 Å². The van der Waals surface area contributed by atoms with E-state index >= 15 is 0 Å². The maximum Gasteiger partial charge on any atom is 0.266 e. The van der Waals surface area contributed by atoms with E-state index in [1.165, 1.54) is 23.1 Å². The molecule has 0 spiro atoms. The van der Waals surface area contributed by atoms with E-state index in [9.17, 15) is 9.59 Å². The molecule has 1 N–H and O–H groups in total. The SMILES string of the molecule is O=C(CCSc1nc2ccccc2c(=O)n1-c1ccccc1)Nc1nc(-c2ccccc2Cl)cs1. The highest BCUT2D eigenvalue weighted by atomic mass is 35.5. The fourth-order valence-electron chi connectivity index (χ4n) is 3.55. The van der Waals surface area contributed by atoms with Crippen LogP contribution in [0.2, 0.25) is 5.02 Å². The highest BCUT2D eigenvalue weighted by Gasteiger charge is 2.15. The van der Waals surface area contributed by atoms with Gasteiger partial charge in [-0.3, -0.25) is 14.2 Å². The zero-order valence-electron chi connectivity index (χ0n) is 18.3. The second-order valence-electron chi connectivity index (χ2n) is 7.55. The zero-order valence-corrected chi connectivity index (χ0v) is 20.7. The molecule has 9 heteroatoms. The molecule has 2 heterocycles. The second kappa shape index (κ2) is 10.4. The summed E-state index contributed by atoms with van der Waals surface area (Å²) in [5.41, 5.74) is 2.77. The van der Waals surface area contributed by atoms with Gasteiger partial charge in [0.1, 0.15) is 0 Å². The number of thioether (sulfide) groups is 1. The summed E-state index contributed by atoms with van der Waals surface area (Å²) in [6.07, 6.45) is 0.239. The van der Waals surface area contributed by atoms with Gasteiger partial charge in [0.2, 0.25) is 5.91 Å². The van der Waals surface area contributed by atoms with E-state index in [-0.39, 0.29) is 17.9 Å². The van der Waals surface area contributed by atoms with Crippen molar-refractivity contribution in [2.24, 2.45) is 0 Å². The Morgan fingerprint density at radius 3 is 2.54 bits per heavy atom. The number of carbonyl (C=O) groups is 1. The van der Waals surface area contributed by atoms with Crippen LogP contribution in [0.25, 0.3) is 27.8 Å². The molecule has 35 heavy (non-hydrogen) atoms. The number of halogens is 1. The van der Waals surface area contributed by atoms with Crippen LogP contribution in [0.3, 0.4) is 0 Å². The number of rotatable bonds is 7. The van der Waals surface area contributed by atoms with E-state index in [1.54, 1.807) is 10.6 Å². The summed E-state index contributed by atoms with van der Waals surface area (Å²) in [5.74, 6) is 0.290. The van der Waals surface area contributed by atoms with Crippen LogP contribution in [0.15, 0.2) is 94.2 Å². The molecule has 0 saturated carbocycles. The number of nitrogens with one attached hydrogen (secondary N) is 1. The normalized spacial score (nSPS) is 11.0. The maximum atomic E-state index is 13.2. The molecule has 0 aliphatic rings. The summed E-state index contributed by atoms with van der Waals surface area (Å²) in [4.78, 5) is 35.0. The Morgan fingerprint density at radius 2 is 1.71 bits per heavy atom. The molecular weight excluding hydrogens is 500 g/mol. The number of nitrogens with zero attached hydrogens (tertiary/aromatic N) is 3. The van der Waals surface area contributed by atoms with E-state index < -0.39 is 0 Å². The van der Waals surface area contributed by atoms with Crippen molar-refractivity contribution in [2.45, 2.75) is 11.6 Å². The largest absolute Gasteiger partial charge is 0.302 e. The van der Waals surface area contributed by atoms with E-state index in [4.69, 9.17) is 16.6 Å². The minimum atomic E-state index is -0.160. The Kier molecular flexibility index (Phi) is 6.94. The van der Waals surface area contributed by atoms with Crippen molar-refractivity contribution in [1.82, 2.24) is 14.5 Å². The van der Waals surface area contributed by atoms with E-state index in [0.717, 1.165) is 16.9 Å². The highest BCUT2D eigenvalue weighted by molar-refractivity contribution is 7.99. The average Bonchev–Trinajstić information content (AvgIpc) is 3.33. The fraction of sp³-hybridized carbons (Fsp3) is 0.0769.